The van der Waals surface area contributed by atoms with Gasteiger partial charge in [-0.1, -0.05) is 57.2 Å². The van der Waals surface area contributed by atoms with Gasteiger partial charge in [-0.05, 0) is 74.9 Å². The van der Waals surface area contributed by atoms with Gasteiger partial charge in [0, 0.05) is 25.2 Å². The lowest BCUT2D eigenvalue weighted by Gasteiger charge is -2.44. The van der Waals surface area contributed by atoms with Crippen molar-refractivity contribution >= 4 is 26.1 Å². The molecule has 0 N–H and O–H groups in total. The van der Waals surface area contributed by atoms with Gasteiger partial charge in [0.2, 0.25) is 0 Å². The summed E-state index contributed by atoms with van der Waals surface area (Å²) in [6.07, 6.45) is 11.9. The van der Waals surface area contributed by atoms with Gasteiger partial charge >= 0.3 is 5.97 Å². The number of carbonyl (C=O) groups is 2. The quantitative estimate of drug-likeness (QED) is 0.130. The number of rotatable bonds is 11. The van der Waals surface area contributed by atoms with Crippen molar-refractivity contribution in [3.8, 4) is 0 Å². The molecule has 6 heteroatoms. The standard InChI is InChI=1S/C30H45FO4Si/c1-22(2)34-29(33)13-11-9-8-10-12-24-20-26(32)21-28(35-36(6,7)30(3,4)5)27(24)19-16-23-14-17-25(31)18-15-23/h8,10,14-19,22,24,27-28H,9,11-13,20-21H2,1-7H3/b10-8-,19-16+/t24-,27+,28+/m0/s1. The molecule has 0 saturated heterocycles. The molecule has 36 heavy (non-hydrogen) atoms. The van der Waals surface area contributed by atoms with Crippen molar-refractivity contribution in [1.29, 1.82) is 0 Å². The number of carbonyl (C=O) groups excluding carboxylic acids is 2. The zero-order valence-corrected chi connectivity index (χ0v) is 24.2. The Hall–Kier alpha value is -2.05. The fourth-order valence-corrected chi connectivity index (χ4v) is 5.59. The monoisotopic (exact) mass is 516 g/mol. The van der Waals surface area contributed by atoms with E-state index in [-0.39, 0.29) is 46.7 Å². The van der Waals surface area contributed by atoms with Gasteiger partial charge in [0.25, 0.3) is 0 Å². The molecule has 0 amide bonds. The SMILES string of the molecule is CC(C)OC(=O)CCC/C=C\C[C@H]1CC(=O)C[C@@H](O[Si](C)(C)C(C)(C)C)[C@@H]1/C=C/c1ccc(F)cc1. The summed E-state index contributed by atoms with van der Waals surface area (Å²) < 4.78 is 25.3. The van der Waals surface area contributed by atoms with E-state index in [1.165, 1.54) is 12.1 Å². The molecule has 2 rings (SSSR count). The number of ketones is 1. The molecule has 0 radical (unpaired) electrons. The summed E-state index contributed by atoms with van der Waals surface area (Å²) in [6, 6.07) is 6.46. The minimum absolute atomic E-state index is 0.0465. The number of hydrogen-bond donors (Lipinski definition) is 0. The lowest BCUT2D eigenvalue weighted by atomic mass is 9.74. The molecule has 1 aromatic rings. The summed E-state index contributed by atoms with van der Waals surface area (Å²) in [5.74, 6) is 0.0651. The predicted molar refractivity (Wildman–Crippen MR) is 148 cm³/mol. The number of halogens is 1. The molecule has 4 nitrogen and oxygen atoms in total. The summed E-state index contributed by atoms with van der Waals surface area (Å²) >= 11 is 0. The topological polar surface area (TPSA) is 52.6 Å². The van der Waals surface area contributed by atoms with Crippen molar-refractivity contribution in [2.75, 3.05) is 0 Å². The van der Waals surface area contributed by atoms with E-state index >= 15 is 0 Å². The Labute approximate surface area is 218 Å². The average Bonchev–Trinajstić information content (AvgIpc) is 2.75. The molecule has 1 aromatic carbocycles. The fourth-order valence-electron chi connectivity index (χ4n) is 4.24. The summed E-state index contributed by atoms with van der Waals surface area (Å²) in [6.45, 7) is 14.8. The minimum Gasteiger partial charge on any atom is -0.463 e. The number of ether oxygens (including phenoxy) is 1. The van der Waals surface area contributed by atoms with E-state index in [2.05, 4.69) is 52.1 Å². The van der Waals surface area contributed by atoms with Crippen LogP contribution in [0.1, 0.15) is 78.7 Å². The number of benzene rings is 1. The van der Waals surface area contributed by atoms with Gasteiger partial charge in [-0.3, -0.25) is 9.59 Å². The first-order chi connectivity index (χ1) is 16.8. The number of esters is 1. The second-order valence-corrected chi connectivity index (χ2v) is 16.5. The Balaban J connectivity index is 2.14. The Morgan fingerprint density at radius 3 is 2.42 bits per heavy atom. The third-order valence-corrected chi connectivity index (χ3v) is 11.8. The highest BCUT2D eigenvalue weighted by Crippen LogP contribution is 2.42. The molecule has 3 atom stereocenters. The normalized spacial score (nSPS) is 21.6. The van der Waals surface area contributed by atoms with Crippen molar-refractivity contribution < 1.29 is 23.1 Å². The van der Waals surface area contributed by atoms with E-state index in [0.717, 1.165) is 24.8 Å². The van der Waals surface area contributed by atoms with Crippen LogP contribution in [0.25, 0.3) is 6.08 Å². The molecule has 1 aliphatic rings. The van der Waals surface area contributed by atoms with Crippen LogP contribution in [0.4, 0.5) is 4.39 Å². The molecule has 0 aliphatic heterocycles. The van der Waals surface area contributed by atoms with Crippen LogP contribution in [0.3, 0.4) is 0 Å². The van der Waals surface area contributed by atoms with Gasteiger partial charge in [-0.25, -0.2) is 4.39 Å². The molecule has 0 aromatic heterocycles. The Morgan fingerprint density at radius 1 is 1.14 bits per heavy atom. The van der Waals surface area contributed by atoms with Crippen LogP contribution in [-0.2, 0) is 18.8 Å². The van der Waals surface area contributed by atoms with Crippen LogP contribution in [0.15, 0.2) is 42.5 Å². The molecule has 0 heterocycles. The number of allylic oxidation sites excluding steroid dienone is 2. The van der Waals surface area contributed by atoms with Crippen molar-refractivity contribution in [1.82, 2.24) is 0 Å². The maximum absolute atomic E-state index is 13.4. The van der Waals surface area contributed by atoms with Crippen LogP contribution in [0.5, 0.6) is 0 Å². The average molecular weight is 517 g/mol. The minimum atomic E-state index is -2.08. The highest BCUT2D eigenvalue weighted by Gasteiger charge is 2.44. The van der Waals surface area contributed by atoms with E-state index in [1.54, 1.807) is 12.1 Å². The van der Waals surface area contributed by atoms with E-state index in [4.69, 9.17) is 9.16 Å². The zero-order valence-electron chi connectivity index (χ0n) is 23.2. The maximum Gasteiger partial charge on any atom is 0.306 e. The molecule has 1 fully saturated rings. The van der Waals surface area contributed by atoms with Gasteiger partial charge in [-0.2, -0.15) is 0 Å². The first-order valence-electron chi connectivity index (χ1n) is 13.3. The van der Waals surface area contributed by atoms with Crippen LogP contribution in [0, 0.1) is 17.7 Å². The van der Waals surface area contributed by atoms with Gasteiger partial charge in [-0.15, -0.1) is 0 Å². The fraction of sp³-hybridized carbons (Fsp3) is 0.600. The predicted octanol–water partition coefficient (Wildman–Crippen LogP) is 7.89. The summed E-state index contributed by atoms with van der Waals surface area (Å²) in [5, 5.41) is 0.0465. The molecule has 200 valence electrons. The molecule has 0 unspecified atom stereocenters. The maximum atomic E-state index is 13.4. The van der Waals surface area contributed by atoms with E-state index in [1.807, 2.05) is 19.9 Å². The van der Waals surface area contributed by atoms with Crippen molar-refractivity contribution in [2.45, 2.75) is 103 Å². The van der Waals surface area contributed by atoms with E-state index in [9.17, 15) is 14.0 Å². The van der Waals surface area contributed by atoms with Crippen LogP contribution in [0.2, 0.25) is 18.1 Å². The lowest BCUT2D eigenvalue weighted by Crippen LogP contribution is -2.49. The van der Waals surface area contributed by atoms with Crippen LogP contribution < -0.4 is 0 Å². The van der Waals surface area contributed by atoms with Crippen molar-refractivity contribution in [3.63, 3.8) is 0 Å². The third-order valence-electron chi connectivity index (χ3n) is 7.25. The zero-order chi connectivity index (χ0) is 26.9. The number of unbranched alkanes of at least 4 members (excludes halogenated alkanes) is 1. The van der Waals surface area contributed by atoms with Crippen LogP contribution >= 0.6 is 0 Å². The number of hydrogen-bond acceptors (Lipinski definition) is 4. The molecule has 1 saturated carbocycles. The molecule has 1 aliphatic carbocycles. The van der Waals surface area contributed by atoms with E-state index in [0.29, 0.717) is 19.3 Å². The highest BCUT2D eigenvalue weighted by atomic mass is 28.4. The van der Waals surface area contributed by atoms with Gasteiger partial charge < -0.3 is 9.16 Å². The Morgan fingerprint density at radius 2 is 1.81 bits per heavy atom. The molecular weight excluding hydrogens is 471 g/mol. The second-order valence-electron chi connectivity index (χ2n) is 11.7. The highest BCUT2D eigenvalue weighted by molar-refractivity contribution is 6.74. The Kier molecular flexibility index (Phi) is 11.3. The van der Waals surface area contributed by atoms with Crippen LogP contribution in [-0.4, -0.2) is 32.3 Å². The van der Waals surface area contributed by atoms with Crippen molar-refractivity contribution in [3.05, 3.63) is 53.9 Å². The molecular formula is C30H45FO4Si. The first-order valence-corrected chi connectivity index (χ1v) is 16.2. The largest absolute Gasteiger partial charge is 0.463 e. The van der Waals surface area contributed by atoms with Gasteiger partial charge in [0.05, 0.1) is 12.2 Å². The summed E-state index contributed by atoms with van der Waals surface area (Å²) in [5.41, 5.74) is 0.932. The molecule has 0 bridgehead atoms. The Bertz CT molecular complexity index is 912. The first kappa shape index (κ1) is 30.2. The van der Waals surface area contributed by atoms with Gasteiger partial charge in [0.1, 0.15) is 11.6 Å². The summed E-state index contributed by atoms with van der Waals surface area (Å²) in [4.78, 5) is 24.5. The molecule has 0 spiro atoms. The smallest absolute Gasteiger partial charge is 0.306 e. The third kappa shape index (κ3) is 9.77. The second kappa shape index (κ2) is 13.5. The summed E-state index contributed by atoms with van der Waals surface area (Å²) in [7, 11) is -2.08. The number of Topliss-reactive ketones (excluding diaryl/α,β-unsaturated/α-hetero) is 1. The van der Waals surface area contributed by atoms with Gasteiger partial charge in [0.15, 0.2) is 8.32 Å². The van der Waals surface area contributed by atoms with E-state index < -0.39 is 8.32 Å². The van der Waals surface area contributed by atoms with Crippen molar-refractivity contribution in [2.24, 2.45) is 11.8 Å². The lowest BCUT2D eigenvalue weighted by molar-refractivity contribution is -0.147.